The van der Waals surface area contributed by atoms with Crippen LogP contribution < -0.4 is 4.74 Å². The number of esters is 1. The average molecular weight is 310 g/mol. The molecule has 0 N–H and O–H groups in total. The number of ether oxygens (including phenoxy) is 2. The number of nitro groups is 1. The number of alkyl halides is 3. The van der Waals surface area contributed by atoms with Crippen molar-refractivity contribution in [2.75, 3.05) is 7.11 Å². The summed E-state index contributed by atoms with van der Waals surface area (Å²) in [6, 6.07) is 1.92. The quantitative estimate of drug-likeness (QED) is 0.349. The summed E-state index contributed by atoms with van der Waals surface area (Å²) in [5.41, 5.74) is -0.260. The lowest BCUT2D eigenvalue weighted by molar-refractivity contribution is -0.385. The molecule has 9 heteroatoms. The summed E-state index contributed by atoms with van der Waals surface area (Å²) < 4.78 is 33.3. The Morgan fingerprint density at radius 2 is 2.15 bits per heavy atom. The van der Waals surface area contributed by atoms with Crippen LogP contribution in [-0.4, -0.2) is 24.6 Å². The van der Waals surface area contributed by atoms with E-state index in [-0.39, 0.29) is 23.4 Å². The van der Waals surface area contributed by atoms with Crippen molar-refractivity contribution in [3.8, 4) is 5.75 Å². The Morgan fingerprint density at radius 3 is 2.60 bits per heavy atom. The van der Waals surface area contributed by atoms with Gasteiger partial charge < -0.3 is 9.47 Å². The fraction of sp³-hybridized carbons (Fsp3) is 0.364. The molecule has 0 atom stereocenters. The summed E-state index contributed by atoms with van der Waals surface area (Å²) in [6.07, 6.45) is -0.376. The predicted molar refractivity (Wildman–Crippen MR) is 65.0 cm³/mol. The van der Waals surface area contributed by atoms with Crippen LogP contribution >= 0.6 is 11.6 Å². The maximum Gasteiger partial charge on any atom is 0.387 e. The average Bonchev–Trinajstić information content (AvgIpc) is 2.39. The highest BCUT2D eigenvalue weighted by atomic mass is 35.5. The van der Waals surface area contributed by atoms with Crippen molar-refractivity contribution in [3.05, 3.63) is 33.4 Å². The van der Waals surface area contributed by atoms with Gasteiger partial charge in [-0.3, -0.25) is 14.9 Å². The van der Waals surface area contributed by atoms with Gasteiger partial charge >= 0.3 is 12.6 Å². The Balaban J connectivity index is 3.35. The molecule has 110 valence electrons. The smallest absolute Gasteiger partial charge is 0.387 e. The number of carbonyl (C=O) groups excluding carboxylic acids is 1. The summed E-state index contributed by atoms with van der Waals surface area (Å²) in [6.45, 7) is -3.18. The summed E-state index contributed by atoms with van der Waals surface area (Å²) in [5, 5.41) is 10.7. The Hall–Kier alpha value is -1.96. The number of carbonyl (C=O) groups is 1. The van der Waals surface area contributed by atoms with E-state index in [1.165, 1.54) is 0 Å². The van der Waals surface area contributed by atoms with Crippen molar-refractivity contribution in [1.29, 1.82) is 0 Å². The van der Waals surface area contributed by atoms with Crippen LogP contribution in [0.1, 0.15) is 11.1 Å². The van der Waals surface area contributed by atoms with Gasteiger partial charge in [0.2, 0.25) is 0 Å². The maximum absolute atomic E-state index is 12.3. The van der Waals surface area contributed by atoms with Crippen LogP contribution in [0.25, 0.3) is 0 Å². The molecule has 0 bridgehead atoms. The van der Waals surface area contributed by atoms with Gasteiger partial charge in [-0.05, 0) is 5.56 Å². The second kappa shape index (κ2) is 6.99. The van der Waals surface area contributed by atoms with Crippen LogP contribution in [0.3, 0.4) is 0 Å². The van der Waals surface area contributed by atoms with Crippen LogP contribution in [0.2, 0.25) is 0 Å². The largest absolute Gasteiger partial charge is 0.469 e. The molecule has 1 aromatic carbocycles. The molecule has 0 aliphatic heterocycles. The molecule has 0 heterocycles. The highest BCUT2D eigenvalue weighted by Crippen LogP contribution is 2.31. The molecular weight excluding hydrogens is 300 g/mol. The third-order valence-corrected chi connectivity index (χ3v) is 2.69. The zero-order chi connectivity index (χ0) is 15.3. The van der Waals surface area contributed by atoms with E-state index < -0.39 is 28.9 Å². The van der Waals surface area contributed by atoms with Gasteiger partial charge in [-0.25, -0.2) is 0 Å². The minimum absolute atomic E-state index is 0.0396. The lowest BCUT2D eigenvalue weighted by Gasteiger charge is -2.13. The molecule has 0 aliphatic rings. The van der Waals surface area contributed by atoms with Crippen molar-refractivity contribution in [2.24, 2.45) is 0 Å². The molecule has 20 heavy (non-hydrogen) atoms. The van der Waals surface area contributed by atoms with E-state index in [2.05, 4.69) is 9.47 Å². The summed E-state index contributed by atoms with van der Waals surface area (Å²) in [4.78, 5) is 21.2. The molecule has 0 unspecified atom stereocenters. The van der Waals surface area contributed by atoms with Crippen LogP contribution in [-0.2, 0) is 21.8 Å². The Labute approximate surface area is 117 Å². The molecule has 0 radical (unpaired) electrons. The van der Waals surface area contributed by atoms with Gasteiger partial charge in [0.15, 0.2) is 0 Å². The number of benzene rings is 1. The van der Waals surface area contributed by atoms with E-state index in [1.807, 2.05) is 0 Å². The number of rotatable bonds is 6. The number of nitro benzene ring substituents is 1. The van der Waals surface area contributed by atoms with Gasteiger partial charge in [0.25, 0.3) is 5.69 Å². The first-order valence-electron chi connectivity index (χ1n) is 5.26. The van der Waals surface area contributed by atoms with Crippen LogP contribution in [0.15, 0.2) is 12.1 Å². The second-order valence-corrected chi connectivity index (χ2v) is 3.87. The molecule has 0 saturated carbocycles. The molecule has 0 aliphatic carbocycles. The Kier molecular flexibility index (Phi) is 5.63. The molecule has 6 nitrogen and oxygen atoms in total. The molecule has 1 aromatic rings. The van der Waals surface area contributed by atoms with E-state index in [4.69, 9.17) is 11.6 Å². The molecule has 0 fully saturated rings. The number of hydrogen-bond donors (Lipinski definition) is 0. The lowest BCUT2D eigenvalue weighted by atomic mass is 10.0. The zero-order valence-corrected chi connectivity index (χ0v) is 11.0. The summed E-state index contributed by atoms with van der Waals surface area (Å²) in [5.74, 6) is -1.37. The predicted octanol–water partition coefficient (Wildman–Crippen LogP) is 2.65. The Bertz CT molecular complexity index is 524. The first-order valence-corrected chi connectivity index (χ1v) is 5.80. The van der Waals surface area contributed by atoms with Crippen molar-refractivity contribution < 1.29 is 28.0 Å². The molecule has 0 saturated heterocycles. The molecular formula is C11H10ClF2NO5. The van der Waals surface area contributed by atoms with E-state index in [0.29, 0.717) is 0 Å². The third kappa shape index (κ3) is 4.02. The monoisotopic (exact) mass is 309 g/mol. The van der Waals surface area contributed by atoms with E-state index >= 15 is 0 Å². The van der Waals surface area contributed by atoms with Crippen molar-refractivity contribution >= 4 is 23.3 Å². The minimum atomic E-state index is -3.18. The minimum Gasteiger partial charge on any atom is -0.469 e. The topological polar surface area (TPSA) is 78.7 Å². The highest BCUT2D eigenvalue weighted by molar-refractivity contribution is 6.17. The number of methoxy groups -OCH3 is 1. The SMILES string of the molecule is COC(=O)Cc1c(CCl)cc([N+](=O)[O-])cc1OC(F)F. The van der Waals surface area contributed by atoms with E-state index in [9.17, 15) is 23.7 Å². The van der Waals surface area contributed by atoms with Gasteiger partial charge in [0, 0.05) is 17.5 Å². The maximum atomic E-state index is 12.3. The molecule has 0 aromatic heterocycles. The fourth-order valence-electron chi connectivity index (χ4n) is 1.53. The van der Waals surface area contributed by atoms with Crippen LogP contribution in [0, 0.1) is 10.1 Å². The Morgan fingerprint density at radius 1 is 1.50 bits per heavy atom. The van der Waals surface area contributed by atoms with Gasteiger partial charge in [-0.1, -0.05) is 0 Å². The molecule has 0 amide bonds. The van der Waals surface area contributed by atoms with E-state index in [1.54, 1.807) is 0 Å². The second-order valence-electron chi connectivity index (χ2n) is 3.60. The van der Waals surface area contributed by atoms with Gasteiger partial charge in [0.1, 0.15) is 5.75 Å². The van der Waals surface area contributed by atoms with Crippen LogP contribution in [0.4, 0.5) is 14.5 Å². The zero-order valence-electron chi connectivity index (χ0n) is 10.3. The summed E-state index contributed by atoms with van der Waals surface area (Å²) in [7, 11) is 1.13. The first-order chi connectivity index (χ1) is 9.38. The first kappa shape index (κ1) is 16.1. The lowest BCUT2D eigenvalue weighted by Crippen LogP contribution is -2.12. The number of nitrogens with zero attached hydrogens (tertiary/aromatic N) is 1. The normalized spacial score (nSPS) is 10.4. The van der Waals surface area contributed by atoms with Crippen molar-refractivity contribution in [1.82, 2.24) is 0 Å². The third-order valence-electron chi connectivity index (χ3n) is 2.41. The van der Waals surface area contributed by atoms with Crippen LogP contribution in [0.5, 0.6) is 5.75 Å². The molecule has 1 rings (SSSR count). The summed E-state index contributed by atoms with van der Waals surface area (Å²) >= 11 is 5.63. The van der Waals surface area contributed by atoms with Crippen molar-refractivity contribution in [3.63, 3.8) is 0 Å². The van der Waals surface area contributed by atoms with E-state index in [0.717, 1.165) is 19.2 Å². The van der Waals surface area contributed by atoms with Crippen molar-refractivity contribution in [2.45, 2.75) is 18.9 Å². The van der Waals surface area contributed by atoms with Gasteiger partial charge in [-0.15, -0.1) is 11.6 Å². The highest BCUT2D eigenvalue weighted by Gasteiger charge is 2.21. The number of halogens is 3. The standard InChI is InChI=1S/C11H10ClF2NO5/c1-19-10(16)4-8-6(5-12)2-7(15(17)18)3-9(8)20-11(13)14/h2-3,11H,4-5H2,1H3. The number of non-ortho nitro benzene ring substituents is 1. The molecule has 0 spiro atoms. The van der Waals surface area contributed by atoms with Gasteiger partial charge in [-0.2, -0.15) is 8.78 Å². The van der Waals surface area contributed by atoms with Gasteiger partial charge in [0.05, 0.1) is 24.5 Å². The fourth-order valence-corrected chi connectivity index (χ4v) is 1.77. The number of hydrogen-bond acceptors (Lipinski definition) is 5.